The van der Waals surface area contributed by atoms with Crippen LogP contribution in [0.3, 0.4) is 0 Å². The summed E-state index contributed by atoms with van der Waals surface area (Å²) >= 11 is 1.53. The molecule has 2 atom stereocenters. The number of thiazole rings is 1. The lowest BCUT2D eigenvalue weighted by molar-refractivity contribution is 0.0812. The topological polar surface area (TPSA) is 37.6 Å². The van der Waals surface area contributed by atoms with Crippen molar-refractivity contribution in [1.82, 2.24) is 14.3 Å². The number of hydrogen-bond donors (Lipinski definition) is 0. The molecule has 1 aliphatic heterocycles. The van der Waals surface area contributed by atoms with E-state index in [-0.39, 0.29) is 5.56 Å². The number of nitrogens with zero attached hydrogens (tertiary/aromatic N) is 3. The predicted octanol–water partition coefficient (Wildman–Crippen LogP) is 2.77. The minimum atomic E-state index is 0.0452. The van der Waals surface area contributed by atoms with Crippen molar-refractivity contribution >= 4 is 16.3 Å². The van der Waals surface area contributed by atoms with Crippen LogP contribution in [-0.2, 0) is 6.54 Å². The van der Waals surface area contributed by atoms with Gasteiger partial charge in [0.05, 0.1) is 5.69 Å². The van der Waals surface area contributed by atoms with Gasteiger partial charge in [-0.3, -0.25) is 14.1 Å². The first-order valence-corrected chi connectivity index (χ1v) is 8.86. The first-order valence-electron chi connectivity index (χ1n) is 7.98. The molecule has 2 unspecified atom stereocenters. The first kappa shape index (κ1) is 13.5. The van der Waals surface area contributed by atoms with Crippen LogP contribution in [0.1, 0.15) is 37.8 Å². The normalized spacial score (nSPS) is 26.9. The van der Waals surface area contributed by atoms with Gasteiger partial charge in [0.1, 0.15) is 0 Å². The average molecular weight is 303 g/mol. The fourth-order valence-corrected chi connectivity index (χ4v) is 4.76. The Morgan fingerprint density at radius 3 is 3.00 bits per heavy atom. The minimum Gasteiger partial charge on any atom is -0.297 e. The van der Waals surface area contributed by atoms with E-state index in [4.69, 9.17) is 0 Å². The number of fused-ring (bicyclic) bond motifs is 2. The van der Waals surface area contributed by atoms with E-state index in [0.29, 0.717) is 0 Å². The molecule has 2 fully saturated rings. The van der Waals surface area contributed by atoms with Gasteiger partial charge >= 0.3 is 0 Å². The molecule has 4 rings (SSSR count). The number of hydrogen-bond acceptors (Lipinski definition) is 4. The van der Waals surface area contributed by atoms with Crippen LogP contribution >= 0.6 is 11.3 Å². The van der Waals surface area contributed by atoms with Crippen LogP contribution in [0.5, 0.6) is 0 Å². The highest BCUT2D eigenvalue weighted by atomic mass is 32.1. The second kappa shape index (κ2) is 5.54. The molecule has 5 heteroatoms. The van der Waals surface area contributed by atoms with Crippen LogP contribution in [0.15, 0.2) is 22.4 Å². The van der Waals surface area contributed by atoms with Gasteiger partial charge in [-0.05, 0) is 31.2 Å². The van der Waals surface area contributed by atoms with Crippen molar-refractivity contribution in [2.45, 2.75) is 38.6 Å². The molecular formula is C16H21N3OS. The van der Waals surface area contributed by atoms with Crippen molar-refractivity contribution in [3.63, 3.8) is 0 Å². The van der Waals surface area contributed by atoms with Gasteiger partial charge in [0.2, 0.25) is 0 Å². The van der Waals surface area contributed by atoms with E-state index >= 15 is 0 Å². The highest BCUT2D eigenvalue weighted by Gasteiger charge is 2.31. The lowest BCUT2D eigenvalue weighted by Crippen LogP contribution is -2.41. The van der Waals surface area contributed by atoms with Crippen LogP contribution in [-0.4, -0.2) is 27.4 Å². The van der Waals surface area contributed by atoms with E-state index < -0.39 is 0 Å². The van der Waals surface area contributed by atoms with Gasteiger partial charge in [0.25, 0.3) is 5.56 Å². The molecule has 21 heavy (non-hydrogen) atoms. The molecule has 0 spiro atoms. The molecule has 0 radical (unpaired) electrons. The Labute approximate surface area is 128 Å². The number of aromatic nitrogens is 2. The monoisotopic (exact) mass is 303 g/mol. The molecule has 2 aromatic heterocycles. The number of likely N-dealkylation sites (tertiary alicyclic amines) is 1. The molecule has 1 saturated heterocycles. The summed E-state index contributed by atoms with van der Waals surface area (Å²) in [5.74, 6) is 1.83. The van der Waals surface area contributed by atoms with Crippen molar-refractivity contribution in [2.24, 2.45) is 11.8 Å². The summed E-state index contributed by atoms with van der Waals surface area (Å²) in [4.78, 5) is 20.0. The Morgan fingerprint density at radius 1 is 1.24 bits per heavy atom. The second-order valence-electron chi connectivity index (χ2n) is 6.47. The third-order valence-electron chi connectivity index (χ3n) is 5.12. The van der Waals surface area contributed by atoms with Crippen LogP contribution < -0.4 is 5.56 Å². The van der Waals surface area contributed by atoms with Gasteiger partial charge in [-0.15, -0.1) is 11.3 Å². The molecule has 0 N–H and O–H groups in total. The van der Waals surface area contributed by atoms with E-state index in [1.165, 1.54) is 50.0 Å². The summed E-state index contributed by atoms with van der Waals surface area (Å²) in [6.45, 7) is 3.18. The molecule has 3 heterocycles. The Balaban J connectivity index is 1.50. The van der Waals surface area contributed by atoms with Crippen molar-refractivity contribution in [2.75, 3.05) is 13.1 Å². The Hall–Kier alpha value is -1.20. The standard InChI is InChI=1S/C16H21N3OS/c20-15-9-14(17-16-19(15)7-8-21-16)11-18-6-5-12-3-1-2-4-13(12)10-18/h7-9,12-13H,1-6,10-11H2. The Morgan fingerprint density at radius 2 is 2.10 bits per heavy atom. The van der Waals surface area contributed by atoms with Gasteiger partial charge in [-0.1, -0.05) is 19.3 Å². The van der Waals surface area contributed by atoms with E-state index in [9.17, 15) is 4.79 Å². The van der Waals surface area contributed by atoms with Crippen molar-refractivity contribution < 1.29 is 0 Å². The highest BCUT2D eigenvalue weighted by Crippen LogP contribution is 2.36. The quantitative estimate of drug-likeness (QED) is 0.856. The molecule has 0 aromatic carbocycles. The fraction of sp³-hybridized carbons (Fsp3) is 0.625. The third-order valence-corrected chi connectivity index (χ3v) is 5.87. The molecule has 1 saturated carbocycles. The lowest BCUT2D eigenvalue weighted by Gasteiger charge is -2.41. The minimum absolute atomic E-state index is 0.0452. The SMILES string of the molecule is O=c1cc(CN2CCC3CCCCC3C2)nc2sccn12. The maximum atomic E-state index is 12.0. The maximum Gasteiger partial charge on any atom is 0.258 e. The van der Waals surface area contributed by atoms with Crippen LogP contribution in [0, 0.1) is 11.8 Å². The molecule has 0 amide bonds. The smallest absolute Gasteiger partial charge is 0.258 e. The summed E-state index contributed by atoms with van der Waals surface area (Å²) in [6, 6.07) is 1.70. The number of rotatable bonds is 2. The van der Waals surface area contributed by atoms with Crippen LogP contribution in [0.25, 0.3) is 4.96 Å². The van der Waals surface area contributed by atoms with Crippen LogP contribution in [0.4, 0.5) is 0 Å². The van der Waals surface area contributed by atoms with E-state index in [1.54, 1.807) is 16.7 Å². The first-order chi connectivity index (χ1) is 10.3. The van der Waals surface area contributed by atoms with Gasteiger partial charge in [-0.2, -0.15) is 0 Å². The van der Waals surface area contributed by atoms with Gasteiger partial charge < -0.3 is 0 Å². The second-order valence-corrected chi connectivity index (χ2v) is 7.34. The Bertz CT molecular complexity index is 692. The molecule has 2 aliphatic rings. The van der Waals surface area contributed by atoms with Crippen molar-refractivity contribution in [1.29, 1.82) is 0 Å². The summed E-state index contributed by atoms with van der Waals surface area (Å²) in [5, 5.41) is 1.92. The van der Waals surface area contributed by atoms with Gasteiger partial charge in [0.15, 0.2) is 4.96 Å². The average Bonchev–Trinajstić information content (AvgIpc) is 2.96. The largest absolute Gasteiger partial charge is 0.297 e. The van der Waals surface area contributed by atoms with Crippen LogP contribution in [0.2, 0.25) is 0 Å². The highest BCUT2D eigenvalue weighted by molar-refractivity contribution is 7.15. The zero-order valence-corrected chi connectivity index (χ0v) is 13.0. The molecule has 4 nitrogen and oxygen atoms in total. The molecule has 0 bridgehead atoms. The summed E-state index contributed by atoms with van der Waals surface area (Å²) in [7, 11) is 0. The summed E-state index contributed by atoms with van der Waals surface area (Å²) in [6.07, 6.45) is 8.77. The zero-order valence-electron chi connectivity index (χ0n) is 12.2. The summed E-state index contributed by atoms with van der Waals surface area (Å²) < 4.78 is 1.63. The Kier molecular flexibility index (Phi) is 3.55. The van der Waals surface area contributed by atoms with E-state index in [0.717, 1.165) is 35.6 Å². The van der Waals surface area contributed by atoms with E-state index in [1.807, 2.05) is 5.38 Å². The predicted molar refractivity (Wildman–Crippen MR) is 84.7 cm³/mol. The van der Waals surface area contributed by atoms with Crippen molar-refractivity contribution in [3.8, 4) is 0 Å². The number of piperidine rings is 1. The molecular weight excluding hydrogens is 282 g/mol. The van der Waals surface area contributed by atoms with E-state index in [2.05, 4.69) is 9.88 Å². The third kappa shape index (κ3) is 2.64. The zero-order chi connectivity index (χ0) is 14.2. The molecule has 2 aromatic rings. The van der Waals surface area contributed by atoms with Crippen molar-refractivity contribution in [3.05, 3.63) is 33.7 Å². The van der Waals surface area contributed by atoms with Gasteiger partial charge in [0, 0.05) is 30.7 Å². The lowest BCUT2D eigenvalue weighted by atomic mass is 9.75. The molecule has 112 valence electrons. The summed E-state index contributed by atoms with van der Waals surface area (Å²) in [5.41, 5.74) is 0.973. The fourth-order valence-electron chi connectivity index (χ4n) is 4.02. The maximum absolute atomic E-state index is 12.0. The molecule has 1 aliphatic carbocycles. The van der Waals surface area contributed by atoms with Gasteiger partial charge in [-0.25, -0.2) is 4.98 Å².